The van der Waals surface area contributed by atoms with Crippen molar-refractivity contribution < 1.29 is 32.2 Å². The van der Waals surface area contributed by atoms with Crippen molar-refractivity contribution in [2.24, 2.45) is 0 Å². The molecule has 1 aliphatic carbocycles. The zero-order valence-corrected chi connectivity index (χ0v) is 17.1. The molecule has 0 aliphatic heterocycles. The number of phenolic OH excluding ortho intramolecular Hbond substituents is 1. The maximum Gasteiger partial charge on any atom is 0.419 e. The second kappa shape index (κ2) is 7.54. The van der Waals surface area contributed by atoms with Gasteiger partial charge in [-0.3, -0.25) is 0 Å². The molecule has 3 aromatic rings. The highest BCUT2D eigenvalue weighted by molar-refractivity contribution is 5.91. The van der Waals surface area contributed by atoms with E-state index in [2.05, 4.69) is 15.3 Å². The third-order valence-electron chi connectivity index (χ3n) is 6.06. The zero-order chi connectivity index (χ0) is 23.4. The van der Waals surface area contributed by atoms with E-state index in [9.17, 15) is 32.2 Å². The summed E-state index contributed by atoms with van der Waals surface area (Å²) in [7, 11) is 0. The molecule has 170 valence electrons. The number of anilines is 1. The molecule has 0 amide bonds. The van der Waals surface area contributed by atoms with Crippen LogP contribution in [0.3, 0.4) is 0 Å². The molecule has 32 heavy (non-hydrogen) atoms. The first-order valence-corrected chi connectivity index (χ1v) is 9.96. The van der Waals surface area contributed by atoms with Gasteiger partial charge in [0.25, 0.3) is 0 Å². The Morgan fingerprint density at radius 3 is 2.50 bits per heavy atom. The Morgan fingerprint density at radius 2 is 1.84 bits per heavy atom. The quantitative estimate of drug-likeness (QED) is 0.471. The van der Waals surface area contributed by atoms with Crippen molar-refractivity contribution in [2.75, 3.05) is 5.32 Å². The number of aliphatic hydroxyl groups is 1. The largest absolute Gasteiger partial charge is 0.505 e. The van der Waals surface area contributed by atoms with Gasteiger partial charge in [-0.2, -0.15) is 13.2 Å². The van der Waals surface area contributed by atoms with Crippen molar-refractivity contribution in [2.45, 2.75) is 50.4 Å². The highest BCUT2D eigenvalue weighted by Crippen LogP contribution is 2.55. The van der Waals surface area contributed by atoms with Crippen LogP contribution >= 0.6 is 0 Å². The lowest BCUT2D eigenvalue weighted by Crippen LogP contribution is -2.55. The summed E-state index contributed by atoms with van der Waals surface area (Å²) in [6.07, 6.45) is -4.43. The number of alkyl halides is 3. The summed E-state index contributed by atoms with van der Waals surface area (Å²) >= 11 is 0. The molecular weight excluding hydrogens is 433 g/mol. The number of benzene rings is 2. The van der Waals surface area contributed by atoms with E-state index in [0.29, 0.717) is 0 Å². The molecule has 0 radical (unpaired) electrons. The van der Waals surface area contributed by atoms with Gasteiger partial charge in [0, 0.05) is 22.8 Å². The standard InChI is InChI=1S/C22H20F5N3O2/c1-3-11-8-21(32,22(25,26)27)20(12-4-5-15(24)19(31)17(11)12)30-16-7-6-14(23)18-13(16)9-28-10(2)29-18/h4-7,9,11,20,30-32H,3,8H2,1-2H3. The molecule has 1 aromatic heterocycles. The first-order valence-electron chi connectivity index (χ1n) is 9.96. The number of phenols is 1. The molecule has 0 fully saturated rings. The maximum atomic E-state index is 14.3. The third kappa shape index (κ3) is 3.33. The van der Waals surface area contributed by atoms with E-state index in [1.807, 2.05) is 0 Å². The summed E-state index contributed by atoms with van der Waals surface area (Å²) in [5.74, 6) is -3.05. The number of fused-ring (bicyclic) bond motifs is 2. The van der Waals surface area contributed by atoms with Crippen LogP contribution < -0.4 is 5.32 Å². The van der Waals surface area contributed by atoms with Crippen LogP contribution in [0.4, 0.5) is 27.6 Å². The minimum atomic E-state index is -5.05. The van der Waals surface area contributed by atoms with E-state index in [1.165, 1.54) is 12.3 Å². The lowest BCUT2D eigenvalue weighted by atomic mass is 9.69. The van der Waals surface area contributed by atoms with Crippen LogP contribution in [0.15, 0.2) is 30.5 Å². The van der Waals surface area contributed by atoms with Gasteiger partial charge in [0.05, 0.1) is 6.04 Å². The second-order valence-electron chi connectivity index (χ2n) is 7.98. The Labute approximate surface area is 179 Å². The molecule has 10 heteroatoms. The van der Waals surface area contributed by atoms with Gasteiger partial charge in [-0.05, 0) is 49.4 Å². The van der Waals surface area contributed by atoms with E-state index < -0.39 is 47.5 Å². The molecule has 3 N–H and O–H groups in total. The number of nitrogens with one attached hydrogen (secondary N) is 1. The Kier molecular flexibility index (Phi) is 5.23. The monoisotopic (exact) mass is 453 g/mol. The highest BCUT2D eigenvalue weighted by atomic mass is 19.4. The first-order chi connectivity index (χ1) is 15.0. The summed E-state index contributed by atoms with van der Waals surface area (Å²) in [6, 6.07) is 2.44. The number of nitrogens with zero attached hydrogens (tertiary/aromatic N) is 2. The molecule has 2 aromatic carbocycles. The number of halogens is 5. The molecule has 0 spiro atoms. The molecule has 5 nitrogen and oxygen atoms in total. The summed E-state index contributed by atoms with van der Waals surface area (Å²) in [4.78, 5) is 8.00. The molecule has 3 unspecified atom stereocenters. The predicted molar refractivity (Wildman–Crippen MR) is 107 cm³/mol. The molecule has 3 atom stereocenters. The van der Waals surface area contributed by atoms with Crippen molar-refractivity contribution in [1.29, 1.82) is 0 Å². The van der Waals surface area contributed by atoms with Crippen LogP contribution in [0.25, 0.3) is 10.9 Å². The van der Waals surface area contributed by atoms with Gasteiger partial charge in [-0.15, -0.1) is 0 Å². The number of aromatic nitrogens is 2. The SMILES string of the molecule is CCC1CC(O)(C(F)(F)F)C(Nc2ccc(F)c3nc(C)ncc23)c2ccc(F)c(O)c21. The van der Waals surface area contributed by atoms with Gasteiger partial charge in [0.2, 0.25) is 0 Å². The fraction of sp³-hybridized carbons (Fsp3) is 0.364. The van der Waals surface area contributed by atoms with Crippen molar-refractivity contribution in [3.05, 3.63) is 59.0 Å². The van der Waals surface area contributed by atoms with Crippen molar-refractivity contribution in [3.63, 3.8) is 0 Å². The normalized spacial score (nSPS) is 23.2. The lowest BCUT2D eigenvalue weighted by Gasteiger charge is -2.45. The van der Waals surface area contributed by atoms with E-state index in [-0.39, 0.29) is 40.0 Å². The molecule has 0 bridgehead atoms. The molecule has 1 aliphatic rings. The fourth-order valence-electron chi connectivity index (χ4n) is 4.41. The lowest BCUT2D eigenvalue weighted by molar-refractivity contribution is -0.272. The molecule has 0 saturated carbocycles. The summed E-state index contributed by atoms with van der Waals surface area (Å²) in [5, 5.41) is 24.0. The molecule has 0 saturated heterocycles. The van der Waals surface area contributed by atoms with Crippen LogP contribution in [-0.4, -0.2) is 32.0 Å². The van der Waals surface area contributed by atoms with Crippen molar-refractivity contribution in [1.82, 2.24) is 9.97 Å². The van der Waals surface area contributed by atoms with Crippen LogP contribution in [-0.2, 0) is 0 Å². The van der Waals surface area contributed by atoms with E-state index >= 15 is 0 Å². The average molecular weight is 453 g/mol. The fourth-order valence-corrected chi connectivity index (χ4v) is 4.41. The first kappa shape index (κ1) is 22.2. The van der Waals surface area contributed by atoms with Gasteiger partial charge in [-0.25, -0.2) is 18.7 Å². The second-order valence-corrected chi connectivity index (χ2v) is 7.98. The number of aromatic hydroxyl groups is 1. The van der Waals surface area contributed by atoms with Crippen LogP contribution in [0, 0.1) is 18.6 Å². The van der Waals surface area contributed by atoms with Crippen LogP contribution in [0.1, 0.15) is 48.7 Å². The van der Waals surface area contributed by atoms with E-state index in [1.54, 1.807) is 13.8 Å². The molecule has 4 rings (SSSR count). The van der Waals surface area contributed by atoms with Gasteiger partial charge < -0.3 is 15.5 Å². The van der Waals surface area contributed by atoms with Gasteiger partial charge in [0.15, 0.2) is 17.2 Å². The summed E-state index contributed by atoms with van der Waals surface area (Å²) < 4.78 is 70.9. The number of hydrogen-bond acceptors (Lipinski definition) is 5. The topological polar surface area (TPSA) is 78.3 Å². The Morgan fingerprint density at radius 1 is 1.16 bits per heavy atom. The Hall–Kier alpha value is -3.01. The van der Waals surface area contributed by atoms with Crippen LogP contribution in [0.2, 0.25) is 0 Å². The average Bonchev–Trinajstić information content (AvgIpc) is 2.73. The summed E-state index contributed by atoms with van der Waals surface area (Å²) in [5.41, 5.74) is -3.36. The zero-order valence-electron chi connectivity index (χ0n) is 17.1. The smallest absolute Gasteiger partial charge is 0.419 e. The van der Waals surface area contributed by atoms with Gasteiger partial charge >= 0.3 is 6.18 Å². The number of rotatable bonds is 3. The molecular formula is C22H20F5N3O2. The third-order valence-corrected chi connectivity index (χ3v) is 6.06. The Bertz CT molecular complexity index is 1200. The van der Waals surface area contributed by atoms with E-state index in [4.69, 9.17) is 0 Å². The minimum Gasteiger partial charge on any atom is -0.505 e. The van der Waals surface area contributed by atoms with Crippen molar-refractivity contribution in [3.8, 4) is 5.75 Å². The van der Waals surface area contributed by atoms with Crippen molar-refractivity contribution >= 4 is 16.6 Å². The van der Waals surface area contributed by atoms with Gasteiger partial charge in [-0.1, -0.05) is 13.0 Å². The van der Waals surface area contributed by atoms with Crippen LogP contribution in [0.5, 0.6) is 5.75 Å². The van der Waals surface area contributed by atoms with Gasteiger partial charge in [0.1, 0.15) is 17.2 Å². The predicted octanol–water partition coefficient (Wildman–Crippen LogP) is 5.27. The Balaban J connectivity index is 1.94. The van der Waals surface area contributed by atoms with E-state index in [0.717, 1.165) is 18.2 Å². The summed E-state index contributed by atoms with van der Waals surface area (Å²) in [6.45, 7) is 3.14. The number of aryl methyl sites for hydroxylation is 1. The number of hydrogen-bond donors (Lipinski definition) is 3. The highest BCUT2D eigenvalue weighted by Gasteiger charge is 2.62. The maximum absolute atomic E-state index is 14.3. The molecule has 1 heterocycles. The minimum absolute atomic E-state index is 0.0115.